The van der Waals surface area contributed by atoms with E-state index in [1.54, 1.807) is 6.07 Å². The molecule has 0 amide bonds. The van der Waals surface area contributed by atoms with Crippen LogP contribution in [0.2, 0.25) is 0 Å². The summed E-state index contributed by atoms with van der Waals surface area (Å²) in [7, 11) is 0. The van der Waals surface area contributed by atoms with Gasteiger partial charge in [-0.25, -0.2) is 9.59 Å². The molecule has 0 unspecified atom stereocenters. The first-order valence-corrected chi connectivity index (χ1v) is 7.50. The molecule has 8 nitrogen and oxygen atoms in total. The lowest BCUT2D eigenvalue weighted by atomic mass is 10.1. The fraction of sp³-hybridized carbons (Fsp3) is 0.500. The molecule has 0 saturated carbocycles. The Morgan fingerprint density at radius 1 is 0.792 bits per heavy atom. The van der Waals surface area contributed by atoms with Crippen LogP contribution < -0.4 is 0 Å². The Kier molecular flexibility index (Phi) is 10.4. The second-order valence-electron chi connectivity index (χ2n) is 4.55. The van der Waals surface area contributed by atoms with E-state index >= 15 is 0 Å². The van der Waals surface area contributed by atoms with Crippen molar-refractivity contribution in [2.45, 2.75) is 0 Å². The number of carboxylic acid groups (broad SMARTS) is 1. The number of rotatable bonds is 13. The summed E-state index contributed by atoms with van der Waals surface area (Å²) < 4.78 is 20.4. The Balaban J connectivity index is 2.09. The van der Waals surface area contributed by atoms with Gasteiger partial charge in [0.25, 0.3) is 0 Å². The molecule has 8 heteroatoms. The summed E-state index contributed by atoms with van der Waals surface area (Å²) in [5, 5.41) is 17.5. The van der Waals surface area contributed by atoms with Gasteiger partial charge in [0, 0.05) is 0 Å². The van der Waals surface area contributed by atoms with Crippen LogP contribution in [0.5, 0.6) is 0 Å². The molecule has 0 saturated heterocycles. The van der Waals surface area contributed by atoms with E-state index in [4.69, 9.17) is 29.2 Å². The van der Waals surface area contributed by atoms with E-state index in [9.17, 15) is 9.59 Å². The maximum atomic E-state index is 11.8. The first kappa shape index (κ1) is 20.0. The summed E-state index contributed by atoms with van der Waals surface area (Å²) in [6.45, 7) is 2.00. The third-order valence-corrected chi connectivity index (χ3v) is 2.82. The molecule has 0 atom stereocenters. The number of esters is 1. The van der Waals surface area contributed by atoms with Gasteiger partial charge < -0.3 is 29.2 Å². The van der Waals surface area contributed by atoms with Crippen molar-refractivity contribution < 1.29 is 38.7 Å². The van der Waals surface area contributed by atoms with Crippen LogP contribution in [0.1, 0.15) is 20.7 Å². The van der Waals surface area contributed by atoms with E-state index in [-0.39, 0.29) is 37.6 Å². The quantitative estimate of drug-likeness (QED) is 0.396. The zero-order valence-electron chi connectivity index (χ0n) is 13.3. The van der Waals surface area contributed by atoms with Crippen molar-refractivity contribution in [3.63, 3.8) is 0 Å². The maximum absolute atomic E-state index is 11.8. The largest absolute Gasteiger partial charge is 0.478 e. The standard InChI is InChI=1S/C16H22O8/c17-5-6-21-7-8-22-9-10-23-11-12-24-16(20)14-4-2-1-3-13(14)15(18)19/h1-4,17H,5-12H2,(H,18,19). The third-order valence-electron chi connectivity index (χ3n) is 2.82. The van der Waals surface area contributed by atoms with Crippen molar-refractivity contribution >= 4 is 11.9 Å². The monoisotopic (exact) mass is 342 g/mol. The Labute approximate surface area is 139 Å². The van der Waals surface area contributed by atoms with Gasteiger partial charge in [0.2, 0.25) is 0 Å². The average Bonchev–Trinajstić information content (AvgIpc) is 2.59. The average molecular weight is 342 g/mol. The second kappa shape index (κ2) is 12.4. The molecule has 24 heavy (non-hydrogen) atoms. The molecule has 0 fully saturated rings. The zero-order chi connectivity index (χ0) is 17.6. The molecule has 0 heterocycles. The molecule has 2 N–H and O–H groups in total. The van der Waals surface area contributed by atoms with Crippen LogP contribution in [0.3, 0.4) is 0 Å². The number of hydrogen-bond donors (Lipinski definition) is 2. The predicted octanol–water partition coefficient (Wildman–Crippen LogP) is 0.584. The smallest absolute Gasteiger partial charge is 0.339 e. The van der Waals surface area contributed by atoms with Crippen molar-refractivity contribution in [3.05, 3.63) is 35.4 Å². The van der Waals surface area contributed by atoms with Gasteiger partial charge in [-0.05, 0) is 12.1 Å². The van der Waals surface area contributed by atoms with E-state index in [0.29, 0.717) is 26.4 Å². The lowest BCUT2D eigenvalue weighted by molar-refractivity contribution is -0.00319. The van der Waals surface area contributed by atoms with Gasteiger partial charge >= 0.3 is 11.9 Å². The number of carbonyl (C=O) groups excluding carboxylic acids is 1. The molecular weight excluding hydrogens is 320 g/mol. The molecule has 1 aromatic rings. The lowest BCUT2D eigenvalue weighted by Crippen LogP contribution is -2.16. The number of benzene rings is 1. The van der Waals surface area contributed by atoms with Gasteiger partial charge in [0.1, 0.15) is 6.61 Å². The highest BCUT2D eigenvalue weighted by Gasteiger charge is 2.16. The van der Waals surface area contributed by atoms with E-state index < -0.39 is 11.9 Å². The summed E-state index contributed by atoms with van der Waals surface area (Å²) in [5.41, 5.74) is -0.0866. The topological polar surface area (TPSA) is 112 Å². The minimum Gasteiger partial charge on any atom is -0.478 e. The number of aromatic carboxylic acids is 1. The number of aliphatic hydroxyl groups is 1. The summed E-state index contributed by atoms with van der Waals surface area (Å²) >= 11 is 0. The molecule has 134 valence electrons. The highest BCUT2D eigenvalue weighted by atomic mass is 16.6. The summed E-state index contributed by atoms with van der Waals surface area (Å²) in [5.74, 6) is -1.88. The minimum absolute atomic E-state index is 0.0104. The Bertz CT molecular complexity index is 503. The van der Waals surface area contributed by atoms with Crippen LogP contribution in [0.25, 0.3) is 0 Å². The Morgan fingerprint density at radius 2 is 1.29 bits per heavy atom. The first-order valence-electron chi connectivity index (χ1n) is 7.50. The van der Waals surface area contributed by atoms with Crippen molar-refractivity contribution in [3.8, 4) is 0 Å². The number of aliphatic hydroxyl groups excluding tert-OH is 1. The van der Waals surface area contributed by atoms with Gasteiger partial charge in [0.15, 0.2) is 0 Å². The summed E-state index contributed by atoms with van der Waals surface area (Å²) in [6.07, 6.45) is 0. The van der Waals surface area contributed by atoms with Crippen LogP contribution in [0, 0.1) is 0 Å². The minimum atomic E-state index is -1.18. The molecule has 1 rings (SSSR count). The van der Waals surface area contributed by atoms with Crippen molar-refractivity contribution in [2.75, 3.05) is 52.9 Å². The number of ether oxygens (including phenoxy) is 4. The molecule has 0 spiro atoms. The molecule has 0 aliphatic rings. The number of carboxylic acids is 1. The van der Waals surface area contributed by atoms with Crippen LogP contribution in [0.15, 0.2) is 24.3 Å². The van der Waals surface area contributed by atoms with Gasteiger partial charge in [0.05, 0.1) is 57.4 Å². The van der Waals surface area contributed by atoms with E-state index in [0.717, 1.165) is 0 Å². The van der Waals surface area contributed by atoms with Gasteiger partial charge in [-0.2, -0.15) is 0 Å². The normalized spacial score (nSPS) is 10.5. The van der Waals surface area contributed by atoms with Crippen LogP contribution in [-0.4, -0.2) is 75.0 Å². The molecule has 0 aliphatic carbocycles. The maximum Gasteiger partial charge on any atom is 0.339 e. The SMILES string of the molecule is O=C(O)c1ccccc1C(=O)OCCOCCOCCOCCO. The van der Waals surface area contributed by atoms with Gasteiger partial charge in [-0.15, -0.1) is 0 Å². The van der Waals surface area contributed by atoms with Crippen molar-refractivity contribution in [1.82, 2.24) is 0 Å². The summed E-state index contributed by atoms with van der Waals surface area (Å²) in [6, 6.07) is 5.86. The third kappa shape index (κ3) is 8.02. The highest BCUT2D eigenvalue weighted by Crippen LogP contribution is 2.10. The van der Waals surface area contributed by atoms with Crippen LogP contribution in [0.4, 0.5) is 0 Å². The predicted molar refractivity (Wildman–Crippen MR) is 83.2 cm³/mol. The van der Waals surface area contributed by atoms with E-state index in [2.05, 4.69) is 0 Å². The fourth-order valence-electron chi connectivity index (χ4n) is 1.73. The molecule has 0 aromatic heterocycles. The Morgan fingerprint density at radius 3 is 1.83 bits per heavy atom. The number of hydrogen-bond acceptors (Lipinski definition) is 7. The summed E-state index contributed by atoms with van der Waals surface area (Å²) in [4.78, 5) is 22.9. The molecular formula is C16H22O8. The molecule has 0 radical (unpaired) electrons. The van der Waals surface area contributed by atoms with Crippen molar-refractivity contribution in [2.24, 2.45) is 0 Å². The lowest BCUT2D eigenvalue weighted by Gasteiger charge is -2.08. The Hall–Kier alpha value is -2.00. The van der Waals surface area contributed by atoms with Gasteiger partial charge in [-0.1, -0.05) is 12.1 Å². The molecule has 0 bridgehead atoms. The molecule has 1 aromatic carbocycles. The second-order valence-corrected chi connectivity index (χ2v) is 4.55. The van der Waals surface area contributed by atoms with E-state index in [1.165, 1.54) is 18.2 Å². The van der Waals surface area contributed by atoms with Crippen LogP contribution in [-0.2, 0) is 18.9 Å². The number of carbonyl (C=O) groups is 2. The zero-order valence-corrected chi connectivity index (χ0v) is 13.3. The first-order chi connectivity index (χ1) is 11.7. The highest BCUT2D eigenvalue weighted by molar-refractivity contribution is 6.02. The molecule has 0 aliphatic heterocycles. The van der Waals surface area contributed by atoms with E-state index in [1.807, 2.05) is 0 Å². The van der Waals surface area contributed by atoms with Gasteiger partial charge in [-0.3, -0.25) is 0 Å². The van der Waals surface area contributed by atoms with Crippen molar-refractivity contribution in [1.29, 1.82) is 0 Å². The van der Waals surface area contributed by atoms with Crippen LogP contribution >= 0.6 is 0 Å². The fourth-order valence-corrected chi connectivity index (χ4v) is 1.73.